The molecule has 0 radical (unpaired) electrons. The molecule has 2 rings (SSSR count). The summed E-state index contributed by atoms with van der Waals surface area (Å²) in [4.78, 5) is 4.41. The zero-order valence-electron chi connectivity index (χ0n) is 10.3. The molecule has 1 aliphatic heterocycles. The van der Waals surface area contributed by atoms with E-state index in [1.165, 1.54) is 0 Å². The molecule has 98 valence electrons. The summed E-state index contributed by atoms with van der Waals surface area (Å²) in [6, 6.07) is 3.55. The molecule has 1 N–H and O–H groups in total. The van der Waals surface area contributed by atoms with Gasteiger partial charge in [0.2, 0.25) is 0 Å². The number of anilines is 1. The summed E-state index contributed by atoms with van der Waals surface area (Å²) in [5.74, 6) is 2.36. The van der Waals surface area contributed by atoms with Gasteiger partial charge in [-0.1, -0.05) is 23.4 Å². The van der Waals surface area contributed by atoms with Gasteiger partial charge in [-0.3, -0.25) is 4.99 Å². The highest BCUT2D eigenvalue weighted by atomic mass is 35.5. The van der Waals surface area contributed by atoms with Gasteiger partial charge >= 0.3 is 0 Å². The van der Waals surface area contributed by atoms with Crippen LogP contribution in [0.15, 0.2) is 17.1 Å². The summed E-state index contributed by atoms with van der Waals surface area (Å²) in [5.41, 5.74) is 0.802. The predicted octanol–water partition coefficient (Wildman–Crippen LogP) is 3.26. The first-order chi connectivity index (χ1) is 8.74. The first kappa shape index (κ1) is 13.4. The van der Waals surface area contributed by atoms with Crippen LogP contribution in [-0.4, -0.2) is 31.7 Å². The number of hydrogen-bond acceptors (Lipinski definition) is 5. The Balaban J connectivity index is 2.26. The van der Waals surface area contributed by atoms with Crippen molar-refractivity contribution in [1.29, 1.82) is 0 Å². The summed E-state index contributed by atoms with van der Waals surface area (Å²) in [6.07, 6.45) is 1.12. The van der Waals surface area contributed by atoms with Crippen molar-refractivity contribution >= 4 is 34.2 Å². The number of nitrogens with zero attached hydrogens (tertiary/aromatic N) is 1. The lowest BCUT2D eigenvalue weighted by molar-refractivity contribution is 0.396. The molecule has 0 atom stereocenters. The van der Waals surface area contributed by atoms with Crippen molar-refractivity contribution in [2.45, 2.75) is 6.42 Å². The molecule has 0 bridgehead atoms. The summed E-state index contributed by atoms with van der Waals surface area (Å²) in [7, 11) is 3.19. The Morgan fingerprint density at radius 2 is 2.06 bits per heavy atom. The van der Waals surface area contributed by atoms with E-state index in [4.69, 9.17) is 21.1 Å². The average Bonchev–Trinajstić information content (AvgIpc) is 2.40. The number of halogens is 1. The molecular weight excluding hydrogens is 272 g/mol. The van der Waals surface area contributed by atoms with Crippen LogP contribution in [0, 0.1) is 0 Å². The normalized spacial score (nSPS) is 14.9. The quantitative estimate of drug-likeness (QED) is 0.926. The monoisotopic (exact) mass is 286 g/mol. The van der Waals surface area contributed by atoms with Gasteiger partial charge in [0.15, 0.2) is 5.17 Å². The summed E-state index contributed by atoms with van der Waals surface area (Å²) >= 11 is 7.81. The standard InChI is InChI=1S/C12H15ClN2O2S/c1-16-10-7-11(17-2)9(6-8(10)13)15-12-14-4-3-5-18-12/h6-7H,3-5H2,1-2H3,(H,14,15). The Bertz CT molecular complexity index is 466. The summed E-state index contributed by atoms with van der Waals surface area (Å²) < 4.78 is 10.5. The number of nitrogens with one attached hydrogen (secondary N) is 1. The first-order valence-electron chi connectivity index (χ1n) is 5.60. The van der Waals surface area contributed by atoms with E-state index in [0.29, 0.717) is 16.5 Å². The topological polar surface area (TPSA) is 42.9 Å². The van der Waals surface area contributed by atoms with Gasteiger partial charge in [-0.2, -0.15) is 0 Å². The third kappa shape index (κ3) is 3.03. The number of amidine groups is 1. The molecule has 1 aliphatic rings. The number of ether oxygens (including phenoxy) is 2. The minimum atomic E-state index is 0.544. The van der Waals surface area contributed by atoms with E-state index in [2.05, 4.69) is 10.3 Å². The molecule has 0 aliphatic carbocycles. The van der Waals surface area contributed by atoms with Gasteiger partial charge in [0.05, 0.1) is 24.9 Å². The van der Waals surface area contributed by atoms with Crippen molar-refractivity contribution in [2.24, 2.45) is 4.99 Å². The smallest absolute Gasteiger partial charge is 0.161 e. The van der Waals surface area contributed by atoms with Crippen LogP contribution in [-0.2, 0) is 0 Å². The number of methoxy groups -OCH3 is 2. The predicted molar refractivity (Wildman–Crippen MR) is 77.6 cm³/mol. The van der Waals surface area contributed by atoms with E-state index in [1.807, 2.05) is 0 Å². The Labute approximate surface area is 116 Å². The van der Waals surface area contributed by atoms with E-state index in [1.54, 1.807) is 38.1 Å². The van der Waals surface area contributed by atoms with Crippen LogP contribution in [0.1, 0.15) is 6.42 Å². The lowest BCUT2D eigenvalue weighted by Crippen LogP contribution is -2.14. The highest BCUT2D eigenvalue weighted by molar-refractivity contribution is 8.14. The van der Waals surface area contributed by atoms with Gasteiger partial charge in [-0.05, 0) is 12.5 Å². The first-order valence-corrected chi connectivity index (χ1v) is 6.96. The highest BCUT2D eigenvalue weighted by Gasteiger charge is 2.13. The van der Waals surface area contributed by atoms with E-state index < -0.39 is 0 Å². The summed E-state index contributed by atoms with van der Waals surface area (Å²) in [6.45, 7) is 0.863. The number of thioether (sulfide) groups is 1. The largest absolute Gasteiger partial charge is 0.495 e. The number of rotatable bonds is 3. The lowest BCUT2D eigenvalue weighted by atomic mass is 10.2. The third-order valence-corrected chi connectivity index (χ3v) is 3.80. The van der Waals surface area contributed by atoms with Gasteiger partial charge in [0.25, 0.3) is 0 Å². The van der Waals surface area contributed by atoms with Gasteiger partial charge in [0.1, 0.15) is 11.5 Å². The van der Waals surface area contributed by atoms with Gasteiger partial charge in [0, 0.05) is 18.4 Å². The van der Waals surface area contributed by atoms with Crippen molar-refractivity contribution in [3.8, 4) is 11.5 Å². The molecule has 1 heterocycles. The Kier molecular flexibility index (Phi) is 4.60. The maximum atomic E-state index is 6.11. The van der Waals surface area contributed by atoms with E-state index in [-0.39, 0.29) is 0 Å². The fourth-order valence-corrected chi connectivity index (χ4v) is 2.68. The fourth-order valence-electron chi connectivity index (χ4n) is 1.61. The van der Waals surface area contributed by atoms with E-state index >= 15 is 0 Å². The number of benzene rings is 1. The number of aliphatic imine (C=N–C) groups is 1. The molecule has 0 amide bonds. The van der Waals surface area contributed by atoms with Crippen LogP contribution in [0.5, 0.6) is 11.5 Å². The zero-order valence-corrected chi connectivity index (χ0v) is 11.9. The highest BCUT2D eigenvalue weighted by Crippen LogP contribution is 2.36. The maximum Gasteiger partial charge on any atom is 0.161 e. The Hall–Kier alpha value is -1.07. The van der Waals surface area contributed by atoms with Gasteiger partial charge in [-0.25, -0.2) is 0 Å². The van der Waals surface area contributed by atoms with Gasteiger partial charge in [-0.15, -0.1) is 0 Å². The van der Waals surface area contributed by atoms with Crippen molar-refractivity contribution in [3.05, 3.63) is 17.2 Å². The molecule has 0 fully saturated rings. The van der Waals surface area contributed by atoms with Crippen LogP contribution in [0.3, 0.4) is 0 Å². The number of hydrogen-bond donors (Lipinski definition) is 1. The van der Waals surface area contributed by atoms with E-state index in [9.17, 15) is 0 Å². The molecule has 0 unspecified atom stereocenters. The fraction of sp³-hybridized carbons (Fsp3) is 0.417. The van der Waals surface area contributed by atoms with Crippen molar-refractivity contribution in [1.82, 2.24) is 0 Å². The molecule has 0 aromatic heterocycles. The molecular formula is C12H15ClN2O2S. The maximum absolute atomic E-state index is 6.11. The molecule has 0 saturated heterocycles. The lowest BCUT2D eigenvalue weighted by Gasteiger charge is -2.16. The second kappa shape index (κ2) is 6.20. The molecule has 4 nitrogen and oxygen atoms in total. The molecule has 0 saturated carbocycles. The van der Waals surface area contributed by atoms with Gasteiger partial charge < -0.3 is 14.8 Å². The van der Waals surface area contributed by atoms with Crippen molar-refractivity contribution in [2.75, 3.05) is 31.8 Å². The minimum Gasteiger partial charge on any atom is -0.495 e. The summed E-state index contributed by atoms with van der Waals surface area (Å²) in [5, 5.41) is 4.69. The Morgan fingerprint density at radius 3 is 2.67 bits per heavy atom. The Morgan fingerprint density at radius 1 is 1.28 bits per heavy atom. The van der Waals surface area contributed by atoms with E-state index in [0.717, 1.165) is 29.6 Å². The van der Waals surface area contributed by atoms with Crippen LogP contribution < -0.4 is 14.8 Å². The third-order valence-electron chi connectivity index (χ3n) is 2.51. The molecule has 0 spiro atoms. The SMILES string of the molecule is COc1cc(OC)c(NC2=NCCCS2)cc1Cl. The zero-order chi connectivity index (χ0) is 13.0. The molecule has 1 aromatic rings. The second-order valence-electron chi connectivity index (χ2n) is 3.70. The van der Waals surface area contributed by atoms with Crippen molar-refractivity contribution in [3.63, 3.8) is 0 Å². The molecule has 6 heteroatoms. The average molecular weight is 287 g/mol. The van der Waals surface area contributed by atoms with Crippen molar-refractivity contribution < 1.29 is 9.47 Å². The molecule has 18 heavy (non-hydrogen) atoms. The van der Waals surface area contributed by atoms with Crippen LogP contribution in [0.4, 0.5) is 5.69 Å². The van der Waals surface area contributed by atoms with Crippen LogP contribution >= 0.6 is 23.4 Å². The van der Waals surface area contributed by atoms with Crippen LogP contribution in [0.2, 0.25) is 5.02 Å². The van der Waals surface area contributed by atoms with Crippen LogP contribution in [0.25, 0.3) is 0 Å². The second-order valence-corrected chi connectivity index (χ2v) is 5.19. The minimum absolute atomic E-state index is 0.544. The molecule has 1 aromatic carbocycles.